The van der Waals surface area contributed by atoms with Gasteiger partial charge in [0.25, 0.3) is 0 Å². The zero-order valence-corrected chi connectivity index (χ0v) is 12.4. The van der Waals surface area contributed by atoms with E-state index < -0.39 is 0 Å². The summed E-state index contributed by atoms with van der Waals surface area (Å²) >= 11 is 3.14. The molecule has 1 aromatic carbocycles. The van der Waals surface area contributed by atoms with Gasteiger partial charge in [0.1, 0.15) is 11.6 Å². The predicted molar refractivity (Wildman–Crippen MR) is 78.3 cm³/mol. The topological polar surface area (TPSA) is 48.1 Å². The molecule has 0 radical (unpaired) electrons. The number of nitrogens with two attached hydrogens (primary N) is 1. The highest BCUT2D eigenvalue weighted by Crippen LogP contribution is 2.31. The Morgan fingerprint density at radius 3 is 2.90 bits per heavy atom. The Kier molecular flexibility index (Phi) is 3.72. The minimum Gasteiger partial charge on any atom is -0.439 e. The number of halogens is 2. The van der Waals surface area contributed by atoms with Crippen LogP contribution < -0.4 is 10.5 Å². The van der Waals surface area contributed by atoms with Crippen molar-refractivity contribution >= 4 is 15.9 Å². The Morgan fingerprint density at radius 1 is 1.30 bits per heavy atom. The summed E-state index contributed by atoms with van der Waals surface area (Å²) in [7, 11) is 0. The van der Waals surface area contributed by atoms with Crippen molar-refractivity contribution in [1.82, 2.24) is 4.98 Å². The number of aryl methyl sites for hydroxylation is 2. The number of aromatic nitrogens is 1. The molecule has 5 heteroatoms. The van der Waals surface area contributed by atoms with Crippen LogP contribution in [0.2, 0.25) is 0 Å². The van der Waals surface area contributed by atoms with Crippen LogP contribution in [0.3, 0.4) is 0 Å². The number of pyridine rings is 1. The van der Waals surface area contributed by atoms with Crippen molar-refractivity contribution in [3.8, 4) is 11.6 Å². The molecule has 104 valence electrons. The quantitative estimate of drug-likeness (QED) is 0.929. The van der Waals surface area contributed by atoms with Crippen LogP contribution in [0.5, 0.6) is 11.6 Å². The van der Waals surface area contributed by atoms with Crippen molar-refractivity contribution in [1.29, 1.82) is 0 Å². The molecule has 3 rings (SSSR count). The van der Waals surface area contributed by atoms with Gasteiger partial charge in [0, 0.05) is 17.8 Å². The summed E-state index contributed by atoms with van der Waals surface area (Å²) < 4.78 is 19.4. The van der Waals surface area contributed by atoms with E-state index in [1.165, 1.54) is 11.6 Å². The lowest BCUT2D eigenvalue weighted by atomic mass is 10.1. The lowest BCUT2D eigenvalue weighted by Crippen LogP contribution is -2.04. The third-order valence-electron chi connectivity index (χ3n) is 3.42. The van der Waals surface area contributed by atoms with Gasteiger partial charge in [-0.25, -0.2) is 9.37 Å². The number of hydrogen-bond donors (Lipinski definition) is 1. The molecule has 1 aromatic heterocycles. The summed E-state index contributed by atoms with van der Waals surface area (Å²) in [5.41, 5.74) is 8.99. The second-order valence-electron chi connectivity index (χ2n) is 4.79. The summed E-state index contributed by atoms with van der Waals surface area (Å²) in [5, 5.41) is 0. The Morgan fingerprint density at radius 2 is 2.15 bits per heavy atom. The average Bonchev–Trinajstić information content (AvgIpc) is 2.89. The van der Waals surface area contributed by atoms with Gasteiger partial charge in [0.15, 0.2) is 0 Å². The molecule has 2 aromatic rings. The SMILES string of the molecule is NCc1cc2c(nc1Oc1ccc(F)c(Br)c1)CCC2. The third kappa shape index (κ3) is 2.55. The molecule has 3 nitrogen and oxygen atoms in total. The summed E-state index contributed by atoms with van der Waals surface area (Å²) in [5.74, 6) is 0.739. The molecular formula is C15H14BrFN2O. The van der Waals surface area contributed by atoms with Gasteiger partial charge >= 0.3 is 0 Å². The number of benzene rings is 1. The highest BCUT2D eigenvalue weighted by molar-refractivity contribution is 9.10. The fourth-order valence-electron chi connectivity index (χ4n) is 2.39. The Labute approximate surface area is 125 Å². The molecule has 0 atom stereocenters. The molecule has 20 heavy (non-hydrogen) atoms. The fraction of sp³-hybridized carbons (Fsp3) is 0.267. The first-order valence-corrected chi connectivity index (χ1v) is 7.31. The zero-order chi connectivity index (χ0) is 14.1. The molecule has 0 fully saturated rings. The van der Waals surface area contributed by atoms with Crippen molar-refractivity contribution in [2.24, 2.45) is 5.73 Å². The second kappa shape index (κ2) is 5.50. The lowest BCUT2D eigenvalue weighted by Gasteiger charge is -2.11. The maximum Gasteiger partial charge on any atom is 0.223 e. The van der Waals surface area contributed by atoms with Crippen LogP contribution in [-0.4, -0.2) is 4.98 Å². The number of fused-ring (bicyclic) bond motifs is 1. The van der Waals surface area contributed by atoms with E-state index in [-0.39, 0.29) is 5.82 Å². The van der Waals surface area contributed by atoms with Crippen molar-refractivity contribution in [3.63, 3.8) is 0 Å². The van der Waals surface area contributed by atoms with Crippen molar-refractivity contribution < 1.29 is 9.13 Å². The first-order valence-electron chi connectivity index (χ1n) is 6.52. The van der Waals surface area contributed by atoms with Crippen LogP contribution in [0, 0.1) is 5.82 Å². The summed E-state index contributed by atoms with van der Waals surface area (Å²) in [6, 6.07) is 6.60. The molecule has 0 saturated carbocycles. The van der Waals surface area contributed by atoms with Gasteiger partial charge < -0.3 is 10.5 Å². The van der Waals surface area contributed by atoms with Crippen LogP contribution in [0.4, 0.5) is 4.39 Å². The van der Waals surface area contributed by atoms with E-state index in [4.69, 9.17) is 10.5 Å². The smallest absolute Gasteiger partial charge is 0.223 e. The number of hydrogen-bond acceptors (Lipinski definition) is 3. The van der Waals surface area contributed by atoms with Crippen LogP contribution >= 0.6 is 15.9 Å². The first-order chi connectivity index (χ1) is 9.67. The normalized spacial score (nSPS) is 13.3. The third-order valence-corrected chi connectivity index (χ3v) is 4.02. The van der Waals surface area contributed by atoms with E-state index in [1.54, 1.807) is 12.1 Å². The van der Waals surface area contributed by atoms with Crippen molar-refractivity contribution in [2.45, 2.75) is 25.8 Å². The van der Waals surface area contributed by atoms with E-state index in [2.05, 4.69) is 27.0 Å². The highest BCUT2D eigenvalue weighted by Gasteiger charge is 2.17. The average molecular weight is 337 g/mol. The van der Waals surface area contributed by atoms with Crippen LogP contribution in [0.1, 0.15) is 23.2 Å². The molecule has 1 aliphatic rings. The van der Waals surface area contributed by atoms with E-state index in [9.17, 15) is 4.39 Å². The highest BCUT2D eigenvalue weighted by atomic mass is 79.9. The minimum atomic E-state index is -0.321. The van der Waals surface area contributed by atoms with Gasteiger partial charge in [-0.15, -0.1) is 0 Å². The molecule has 0 aliphatic heterocycles. The first kappa shape index (κ1) is 13.5. The maximum atomic E-state index is 13.2. The largest absolute Gasteiger partial charge is 0.439 e. The molecule has 0 amide bonds. The Hall–Kier alpha value is -1.46. The molecule has 0 spiro atoms. The van der Waals surface area contributed by atoms with E-state index in [0.717, 1.165) is 30.5 Å². The molecule has 0 unspecified atom stereocenters. The summed E-state index contributed by atoms with van der Waals surface area (Å²) in [6.45, 7) is 0.373. The second-order valence-corrected chi connectivity index (χ2v) is 5.65. The van der Waals surface area contributed by atoms with Crippen LogP contribution in [0.15, 0.2) is 28.7 Å². The fourth-order valence-corrected chi connectivity index (χ4v) is 2.75. The van der Waals surface area contributed by atoms with E-state index in [0.29, 0.717) is 22.6 Å². The Balaban J connectivity index is 1.95. The minimum absolute atomic E-state index is 0.321. The van der Waals surface area contributed by atoms with Crippen LogP contribution in [-0.2, 0) is 19.4 Å². The zero-order valence-electron chi connectivity index (χ0n) is 10.8. The van der Waals surface area contributed by atoms with Crippen molar-refractivity contribution in [2.75, 3.05) is 0 Å². The van der Waals surface area contributed by atoms with E-state index in [1.807, 2.05) is 0 Å². The number of nitrogens with zero attached hydrogens (tertiary/aromatic N) is 1. The van der Waals surface area contributed by atoms with Gasteiger partial charge in [0.2, 0.25) is 5.88 Å². The molecular weight excluding hydrogens is 323 g/mol. The van der Waals surface area contributed by atoms with Gasteiger partial charge in [-0.1, -0.05) is 0 Å². The Bertz CT molecular complexity index is 661. The number of ether oxygens (including phenoxy) is 1. The van der Waals surface area contributed by atoms with Gasteiger partial charge in [-0.3, -0.25) is 0 Å². The maximum absolute atomic E-state index is 13.2. The molecule has 2 N–H and O–H groups in total. The monoisotopic (exact) mass is 336 g/mol. The lowest BCUT2D eigenvalue weighted by molar-refractivity contribution is 0.452. The van der Waals surface area contributed by atoms with Crippen molar-refractivity contribution in [3.05, 3.63) is 51.4 Å². The standard InChI is InChI=1S/C15H14BrFN2O/c16-12-7-11(4-5-13(12)17)20-15-10(8-18)6-9-2-1-3-14(9)19-15/h4-7H,1-3,8,18H2. The van der Waals surface area contributed by atoms with Gasteiger partial charge in [0.05, 0.1) is 4.47 Å². The van der Waals surface area contributed by atoms with Gasteiger partial charge in [-0.2, -0.15) is 0 Å². The van der Waals surface area contributed by atoms with Gasteiger partial charge in [-0.05, 0) is 65.0 Å². The van der Waals surface area contributed by atoms with Crippen LogP contribution in [0.25, 0.3) is 0 Å². The molecule has 1 heterocycles. The summed E-state index contributed by atoms with van der Waals surface area (Å²) in [6.07, 6.45) is 3.15. The molecule has 0 bridgehead atoms. The molecule has 1 aliphatic carbocycles. The summed E-state index contributed by atoms with van der Waals surface area (Å²) in [4.78, 5) is 4.56. The number of rotatable bonds is 3. The predicted octanol–water partition coefficient (Wildman–Crippen LogP) is 3.72. The molecule has 0 saturated heterocycles. The van der Waals surface area contributed by atoms with E-state index >= 15 is 0 Å².